The molecule has 0 spiro atoms. The summed E-state index contributed by atoms with van der Waals surface area (Å²) in [6, 6.07) is 13.8. The number of hydrogen-bond acceptors (Lipinski definition) is 4. The van der Waals surface area contributed by atoms with E-state index in [2.05, 4.69) is 23.8 Å². The van der Waals surface area contributed by atoms with E-state index in [1.807, 2.05) is 54.2 Å². The first kappa shape index (κ1) is 19.4. The molecular weight excluding hydrogens is 376 g/mol. The first-order chi connectivity index (χ1) is 14.5. The van der Waals surface area contributed by atoms with Crippen molar-refractivity contribution >= 4 is 22.6 Å². The molecule has 0 aliphatic heterocycles. The van der Waals surface area contributed by atoms with Crippen LogP contribution in [0.15, 0.2) is 73.7 Å². The number of anilines is 1. The Balaban J connectivity index is 1.82. The lowest BCUT2D eigenvalue weighted by Crippen LogP contribution is -2.23. The molecule has 0 fully saturated rings. The number of likely N-dealkylation sites (N-methyl/N-ethyl adjacent to an activating group) is 1. The second-order valence-corrected chi connectivity index (χ2v) is 6.99. The summed E-state index contributed by atoms with van der Waals surface area (Å²) in [5.41, 5.74) is 5.70. The number of methoxy groups -OCH3 is 1. The van der Waals surface area contributed by atoms with Crippen LogP contribution in [0.4, 0.5) is 5.69 Å². The van der Waals surface area contributed by atoms with Crippen LogP contribution in [0.5, 0.6) is 5.88 Å². The van der Waals surface area contributed by atoms with Gasteiger partial charge in [-0.3, -0.25) is 4.79 Å². The van der Waals surface area contributed by atoms with Gasteiger partial charge in [0.05, 0.1) is 7.11 Å². The van der Waals surface area contributed by atoms with Gasteiger partial charge in [0.1, 0.15) is 5.65 Å². The van der Waals surface area contributed by atoms with E-state index >= 15 is 0 Å². The highest BCUT2D eigenvalue weighted by Crippen LogP contribution is 2.33. The molecule has 4 rings (SSSR count). The van der Waals surface area contributed by atoms with Gasteiger partial charge in [-0.2, -0.15) is 0 Å². The van der Waals surface area contributed by atoms with Crippen LogP contribution in [0.2, 0.25) is 0 Å². The number of benzene rings is 1. The maximum atomic E-state index is 12.0. The number of ether oxygens (including phenoxy) is 1. The molecule has 3 aromatic heterocycles. The standard InChI is InChI=1S/C24H22N4O2/c1-5-23(29)28(3)19-8-6-7-16(11-19)18-12-20-21(15-27(2)24(20)26-14-18)17-9-10-25-22(13-17)30-4/h5-15H,1H2,2-4H3. The van der Waals surface area contributed by atoms with E-state index in [0.29, 0.717) is 5.88 Å². The molecule has 0 bridgehead atoms. The first-order valence-corrected chi connectivity index (χ1v) is 9.48. The molecule has 0 aliphatic rings. The Kier molecular flexibility index (Phi) is 5.06. The van der Waals surface area contributed by atoms with E-state index < -0.39 is 0 Å². The summed E-state index contributed by atoms with van der Waals surface area (Å²) in [4.78, 5) is 22.4. The number of fused-ring (bicyclic) bond motifs is 1. The smallest absolute Gasteiger partial charge is 0.250 e. The summed E-state index contributed by atoms with van der Waals surface area (Å²) in [5.74, 6) is 0.411. The average Bonchev–Trinajstić information content (AvgIpc) is 3.14. The van der Waals surface area contributed by atoms with E-state index in [9.17, 15) is 4.79 Å². The number of hydrogen-bond donors (Lipinski definition) is 0. The zero-order valence-electron chi connectivity index (χ0n) is 17.2. The lowest BCUT2D eigenvalue weighted by Gasteiger charge is -2.16. The van der Waals surface area contributed by atoms with Gasteiger partial charge >= 0.3 is 0 Å². The van der Waals surface area contributed by atoms with Crippen molar-refractivity contribution in [2.75, 3.05) is 19.1 Å². The number of aromatic nitrogens is 3. The molecule has 0 aliphatic carbocycles. The van der Waals surface area contributed by atoms with Gasteiger partial charge in [-0.05, 0) is 41.5 Å². The largest absolute Gasteiger partial charge is 0.481 e. The fraction of sp³-hybridized carbons (Fsp3) is 0.125. The second kappa shape index (κ2) is 7.83. The molecule has 6 heteroatoms. The van der Waals surface area contributed by atoms with Crippen LogP contribution in [0.1, 0.15) is 0 Å². The summed E-state index contributed by atoms with van der Waals surface area (Å²) >= 11 is 0. The lowest BCUT2D eigenvalue weighted by atomic mass is 10.0. The zero-order valence-corrected chi connectivity index (χ0v) is 17.2. The summed E-state index contributed by atoms with van der Waals surface area (Å²) in [6.07, 6.45) is 6.95. The van der Waals surface area contributed by atoms with Crippen molar-refractivity contribution in [2.45, 2.75) is 0 Å². The quantitative estimate of drug-likeness (QED) is 0.466. The molecule has 0 N–H and O–H groups in total. The predicted octanol–water partition coefficient (Wildman–Crippen LogP) is 4.46. The summed E-state index contributed by atoms with van der Waals surface area (Å²) in [6.45, 7) is 3.56. The summed E-state index contributed by atoms with van der Waals surface area (Å²) in [7, 11) is 5.32. The van der Waals surface area contributed by atoms with Crippen LogP contribution in [0, 0.1) is 0 Å². The van der Waals surface area contributed by atoms with Crippen LogP contribution >= 0.6 is 0 Å². The van der Waals surface area contributed by atoms with Gasteiger partial charge in [0, 0.05) is 61.0 Å². The third kappa shape index (κ3) is 3.43. The van der Waals surface area contributed by atoms with Crippen LogP contribution in [-0.2, 0) is 11.8 Å². The highest BCUT2D eigenvalue weighted by molar-refractivity contribution is 6.01. The fourth-order valence-electron chi connectivity index (χ4n) is 3.50. The third-order valence-electron chi connectivity index (χ3n) is 5.14. The van der Waals surface area contributed by atoms with Gasteiger partial charge in [-0.25, -0.2) is 9.97 Å². The molecule has 0 radical (unpaired) electrons. The monoisotopic (exact) mass is 398 g/mol. The highest BCUT2D eigenvalue weighted by Gasteiger charge is 2.13. The van der Waals surface area contributed by atoms with Crippen molar-refractivity contribution in [3.8, 4) is 28.1 Å². The van der Waals surface area contributed by atoms with Gasteiger partial charge in [-0.15, -0.1) is 0 Å². The molecule has 0 saturated carbocycles. The first-order valence-electron chi connectivity index (χ1n) is 9.48. The Hall–Kier alpha value is -3.93. The van der Waals surface area contributed by atoms with E-state index in [0.717, 1.165) is 39.0 Å². The minimum Gasteiger partial charge on any atom is -0.481 e. The molecule has 6 nitrogen and oxygen atoms in total. The molecule has 30 heavy (non-hydrogen) atoms. The second-order valence-electron chi connectivity index (χ2n) is 6.99. The Labute approximate surface area is 175 Å². The van der Waals surface area contributed by atoms with Crippen LogP contribution in [0.3, 0.4) is 0 Å². The van der Waals surface area contributed by atoms with Gasteiger partial charge < -0.3 is 14.2 Å². The number of aryl methyl sites for hydroxylation is 1. The van der Waals surface area contributed by atoms with Gasteiger partial charge in [0.2, 0.25) is 11.8 Å². The van der Waals surface area contributed by atoms with Crippen molar-refractivity contribution in [1.29, 1.82) is 0 Å². The molecule has 0 saturated heterocycles. The highest BCUT2D eigenvalue weighted by atomic mass is 16.5. The maximum Gasteiger partial charge on any atom is 0.250 e. The Bertz CT molecular complexity index is 1260. The summed E-state index contributed by atoms with van der Waals surface area (Å²) in [5, 5.41) is 1.03. The predicted molar refractivity (Wildman–Crippen MR) is 120 cm³/mol. The minimum absolute atomic E-state index is 0.155. The van der Waals surface area contributed by atoms with Crippen molar-refractivity contribution in [2.24, 2.45) is 7.05 Å². The normalized spacial score (nSPS) is 10.8. The van der Waals surface area contributed by atoms with Crippen molar-refractivity contribution in [1.82, 2.24) is 14.5 Å². The van der Waals surface area contributed by atoms with E-state index in [-0.39, 0.29) is 5.91 Å². The number of carbonyl (C=O) groups excluding carboxylic acids is 1. The molecule has 0 atom stereocenters. The minimum atomic E-state index is -0.155. The molecule has 1 amide bonds. The van der Waals surface area contributed by atoms with Crippen molar-refractivity contribution in [3.05, 3.63) is 73.7 Å². The molecule has 4 aromatic rings. The Morgan fingerprint density at radius 3 is 2.73 bits per heavy atom. The SMILES string of the molecule is C=CC(=O)N(C)c1cccc(-c2cnc3c(c2)c(-c2ccnc(OC)c2)cn3C)c1. The van der Waals surface area contributed by atoms with Gasteiger partial charge in [0.15, 0.2) is 0 Å². The molecule has 3 heterocycles. The third-order valence-corrected chi connectivity index (χ3v) is 5.14. The maximum absolute atomic E-state index is 12.0. The lowest BCUT2D eigenvalue weighted by molar-refractivity contribution is -0.113. The fourth-order valence-corrected chi connectivity index (χ4v) is 3.50. The molecule has 150 valence electrons. The number of amides is 1. The number of rotatable bonds is 5. The van der Waals surface area contributed by atoms with Crippen molar-refractivity contribution < 1.29 is 9.53 Å². The van der Waals surface area contributed by atoms with Gasteiger partial charge in [-0.1, -0.05) is 18.7 Å². The number of nitrogens with zero attached hydrogens (tertiary/aromatic N) is 4. The summed E-state index contributed by atoms with van der Waals surface area (Å²) < 4.78 is 7.29. The number of carbonyl (C=O) groups is 1. The topological polar surface area (TPSA) is 60.3 Å². The Morgan fingerprint density at radius 1 is 1.13 bits per heavy atom. The van der Waals surface area contributed by atoms with Gasteiger partial charge in [0.25, 0.3) is 0 Å². The molecule has 1 aromatic carbocycles. The van der Waals surface area contributed by atoms with E-state index in [1.165, 1.54) is 6.08 Å². The van der Waals surface area contributed by atoms with E-state index in [1.54, 1.807) is 25.3 Å². The molecular formula is C24H22N4O2. The molecule has 0 unspecified atom stereocenters. The van der Waals surface area contributed by atoms with Crippen LogP contribution in [0.25, 0.3) is 33.3 Å². The Morgan fingerprint density at radius 2 is 1.97 bits per heavy atom. The zero-order chi connectivity index (χ0) is 21.3. The van der Waals surface area contributed by atoms with Crippen LogP contribution in [-0.4, -0.2) is 34.6 Å². The van der Waals surface area contributed by atoms with Crippen molar-refractivity contribution in [3.63, 3.8) is 0 Å². The van der Waals surface area contributed by atoms with E-state index in [4.69, 9.17) is 9.72 Å². The van der Waals surface area contributed by atoms with Crippen LogP contribution < -0.4 is 9.64 Å². The number of pyridine rings is 2. The average molecular weight is 398 g/mol.